The molecule has 2 aliphatic heterocycles. The number of halogens is 2. The van der Waals surface area contributed by atoms with E-state index in [0.29, 0.717) is 65.2 Å². The Morgan fingerprint density at radius 1 is 0.923 bits per heavy atom. The first-order valence-electron chi connectivity index (χ1n) is 21.8. The highest BCUT2D eigenvalue weighted by Gasteiger charge is 2.43. The highest BCUT2D eigenvalue weighted by atomic mass is 35.5. The number of nitrogens with one attached hydrogen (secondary N) is 2. The van der Waals surface area contributed by atoms with Gasteiger partial charge in [0.15, 0.2) is 0 Å². The van der Waals surface area contributed by atoms with E-state index in [1.54, 1.807) is 54.4 Å². The number of pyridine rings is 1. The summed E-state index contributed by atoms with van der Waals surface area (Å²) in [6.45, 7) is 2.72. The standard InChI is InChI=1S/C49H56Cl2N8O6/c1-32-46(61)54-41(30-64-5)47(62)55-49(26-33-10-15-37(50)16-11-33)20-8-22-58(31-49)48(63)36(23-39-9-6-7-21-52-39)24-45(60)59(32)28-35-12-17-38(51)25-43(35)65-40-18-13-34(14-19-40)42-27-53-44(57(42)4)29-56(2)3/h6-7,9-19,21,25,27,32,36,41H,8,20,22-24,26,28-31H2,1-5H3,(H,54,61)(H,55,62). The minimum atomic E-state index is -1.11. The number of methoxy groups -OCH3 is 1. The van der Waals surface area contributed by atoms with Gasteiger partial charge in [0.2, 0.25) is 23.6 Å². The Hall–Kier alpha value is -5.80. The fraction of sp³-hybridized carbons (Fsp3) is 0.388. The first-order chi connectivity index (χ1) is 31.2. The van der Waals surface area contributed by atoms with Gasteiger partial charge >= 0.3 is 0 Å². The lowest BCUT2D eigenvalue weighted by atomic mass is 9.82. The van der Waals surface area contributed by atoms with Crippen LogP contribution in [0.5, 0.6) is 11.5 Å². The molecule has 4 amide bonds. The third-order valence-corrected chi connectivity index (χ3v) is 12.6. The molecule has 4 atom stereocenters. The monoisotopic (exact) mass is 922 g/mol. The molecule has 2 fully saturated rings. The van der Waals surface area contributed by atoms with E-state index in [2.05, 4.69) is 30.1 Å². The molecule has 3 aromatic carbocycles. The molecule has 2 bridgehead atoms. The van der Waals surface area contributed by atoms with Crippen molar-refractivity contribution in [1.29, 1.82) is 0 Å². The number of piperidine rings is 1. The molecule has 16 heteroatoms. The van der Waals surface area contributed by atoms with Crippen LogP contribution in [0.1, 0.15) is 48.8 Å². The zero-order valence-electron chi connectivity index (χ0n) is 37.4. The summed E-state index contributed by atoms with van der Waals surface area (Å²) in [5.74, 6) is -0.718. The predicted molar refractivity (Wildman–Crippen MR) is 249 cm³/mol. The average Bonchev–Trinajstić information content (AvgIpc) is 3.64. The van der Waals surface area contributed by atoms with E-state index in [1.807, 2.05) is 75.9 Å². The molecule has 2 aromatic heterocycles. The van der Waals surface area contributed by atoms with Crippen LogP contribution in [0.4, 0.5) is 0 Å². The average molecular weight is 924 g/mol. The SMILES string of the molecule is COCC1NC(=O)C(C)N(Cc2ccc(Cl)cc2Oc2ccc(-c3cnc(CN(C)C)n3C)cc2)C(=O)CC(Cc2ccccn2)C(=O)N2CCCC(Cc3ccc(Cl)cc3)(C2)NC1=O. The molecule has 7 rings (SSSR count). The molecule has 2 aliphatic rings. The number of aromatic nitrogens is 3. The summed E-state index contributed by atoms with van der Waals surface area (Å²) in [4.78, 5) is 72.9. The topological polar surface area (TPSA) is 151 Å². The lowest BCUT2D eigenvalue weighted by Gasteiger charge is -2.45. The summed E-state index contributed by atoms with van der Waals surface area (Å²) < 4.78 is 14.0. The van der Waals surface area contributed by atoms with Crippen LogP contribution >= 0.6 is 23.2 Å². The molecular formula is C49H56Cl2N8O6. The number of fused-ring (bicyclic) bond motifs is 2. The van der Waals surface area contributed by atoms with Gasteiger partial charge < -0.3 is 39.4 Å². The van der Waals surface area contributed by atoms with Gasteiger partial charge in [0.05, 0.1) is 43.0 Å². The first-order valence-corrected chi connectivity index (χ1v) is 22.5. The van der Waals surface area contributed by atoms with Crippen LogP contribution < -0.4 is 15.4 Å². The largest absolute Gasteiger partial charge is 0.457 e. The van der Waals surface area contributed by atoms with Crippen LogP contribution in [0.2, 0.25) is 10.0 Å². The summed E-state index contributed by atoms with van der Waals surface area (Å²) in [6.07, 6.45) is 5.05. The minimum Gasteiger partial charge on any atom is -0.457 e. The van der Waals surface area contributed by atoms with Gasteiger partial charge in [0.25, 0.3) is 0 Å². The normalized spacial score (nSPS) is 21.0. The number of hydrogen-bond donors (Lipinski definition) is 2. The van der Waals surface area contributed by atoms with Crippen LogP contribution in [0.15, 0.2) is 97.3 Å². The highest BCUT2D eigenvalue weighted by Crippen LogP contribution is 2.33. The van der Waals surface area contributed by atoms with E-state index in [4.69, 9.17) is 32.7 Å². The van der Waals surface area contributed by atoms with Crippen molar-refractivity contribution in [1.82, 2.24) is 39.9 Å². The van der Waals surface area contributed by atoms with Gasteiger partial charge in [-0.15, -0.1) is 0 Å². The maximum atomic E-state index is 14.9. The number of amides is 4. The molecular weight excluding hydrogens is 867 g/mol. The second kappa shape index (κ2) is 21.0. The summed E-state index contributed by atoms with van der Waals surface area (Å²) in [5.41, 5.74) is 3.14. The third kappa shape index (κ3) is 11.7. The van der Waals surface area contributed by atoms with E-state index in [0.717, 1.165) is 22.6 Å². The second-order valence-corrected chi connectivity index (χ2v) is 18.2. The molecule has 2 saturated heterocycles. The number of hydrogen-bond acceptors (Lipinski definition) is 9. The van der Waals surface area contributed by atoms with Crippen molar-refractivity contribution in [3.8, 4) is 22.8 Å². The summed E-state index contributed by atoms with van der Waals surface area (Å²) in [7, 11) is 7.43. The molecule has 65 heavy (non-hydrogen) atoms. The van der Waals surface area contributed by atoms with E-state index in [1.165, 1.54) is 12.0 Å². The molecule has 0 radical (unpaired) electrons. The van der Waals surface area contributed by atoms with Crippen molar-refractivity contribution >= 4 is 46.8 Å². The van der Waals surface area contributed by atoms with Gasteiger partial charge in [-0.05, 0) is 107 Å². The minimum absolute atomic E-state index is 0.0821. The van der Waals surface area contributed by atoms with Crippen LogP contribution in [-0.4, -0.2) is 111 Å². The Bertz CT molecular complexity index is 2470. The van der Waals surface area contributed by atoms with Crippen LogP contribution in [0.25, 0.3) is 11.3 Å². The van der Waals surface area contributed by atoms with E-state index >= 15 is 0 Å². The van der Waals surface area contributed by atoms with Crippen molar-refractivity contribution in [2.24, 2.45) is 13.0 Å². The molecule has 0 aliphatic carbocycles. The number of carbonyl (C=O) groups excluding carboxylic acids is 4. The highest BCUT2D eigenvalue weighted by molar-refractivity contribution is 6.31. The molecule has 2 N–H and O–H groups in total. The lowest BCUT2D eigenvalue weighted by Crippen LogP contribution is -2.65. The lowest BCUT2D eigenvalue weighted by molar-refractivity contribution is -0.148. The summed E-state index contributed by atoms with van der Waals surface area (Å²) in [5, 5.41) is 7.14. The number of benzene rings is 3. The van der Waals surface area contributed by atoms with Gasteiger partial charge in [-0.1, -0.05) is 47.5 Å². The smallest absolute Gasteiger partial charge is 0.245 e. The Balaban J connectivity index is 1.21. The van der Waals surface area contributed by atoms with E-state index in [-0.39, 0.29) is 38.4 Å². The number of ether oxygens (including phenoxy) is 2. The predicted octanol–water partition coefficient (Wildman–Crippen LogP) is 6.47. The van der Waals surface area contributed by atoms with Gasteiger partial charge in [-0.3, -0.25) is 24.2 Å². The Morgan fingerprint density at radius 3 is 2.38 bits per heavy atom. The molecule has 0 saturated carbocycles. The molecule has 5 aromatic rings. The number of nitrogens with zero attached hydrogens (tertiary/aromatic N) is 6. The van der Waals surface area contributed by atoms with Crippen molar-refractivity contribution in [2.75, 3.05) is 40.9 Å². The first kappa shape index (κ1) is 47.2. The summed E-state index contributed by atoms with van der Waals surface area (Å²) >= 11 is 12.8. The van der Waals surface area contributed by atoms with Gasteiger partial charge in [-0.25, -0.2) is 4.98 Å². The molecule has 342 valence electrons. The fourth-order valence-electron chi connectivity index (χ4n) is 8.68. The molecule has 0 spiro atoms. The van der Waals surface area contributed by atoms with Crippen LogP contribution in [-0.2, 0) is 56.9 Å². The molecule has 4 heterocycles. The zero-order chi connectivity index (χ0) is 46.3. The maximum Gasteiger partial charge on any atom is 0.245 e. The van der Waals surface area contributed by atoms with Crippen molar-refractivity contribution in [3.63, 3.8) is 0 Å². The number of carbonyl (C=O) groups is 4. The van der Waals surface area contributed by atoms with Crippen LogP contribution in [0, 0.1) is 5.92 Å². The van der Waals surface area contributed by atoms with Crippen molar-refractivity contribution < 1.29 is 28.7 Å². The summed E-state index contributed by atoms with van der Waals surface area (Å²) in [6, 6.07) is 23.4. The van der Waals surface area contributed by atoms with Gasteiger partial charge in [0, 0.05) is 73.2 Å². The van der Waals surface area contributed by atoms with Gasteiger partial charge in [-0.2, -0.15) is 0 Å². The van der Waals surface area contributed by atoms with Crippen molar-refractivity contribution in [3.05, 3.63) is 130 Å². The molecule has 14 nitrogen and oxygen atoms in total. The Labute approximate surface area is 390 Å². The Morgan fingerprint density at radius 2 is 1.68 bits per heavy atom. The third-order valence-electron chi connectivity index (χ3n) is 12.1. The molecule has 4 unspecified atom stereocenters. The second-order valence-electron chi connectivity index (χ2n) is 17.3. The van der Waals surface area contributed by atoms with E-state index in [9.17, 15) is 19.2 Å². The number of rotatable bonds is 13. The zero-order valence-corrected chi connectivity index (χ0v) is 38.9. The Kier molecular flexibility index (Phi) is 15.2. The quantitative estimate of drug-likeness (QED) is 0.135. The fourth-order valence-corrected chi connectivity index (χ4v) is 8.97. The van der Waals surface area contributed by atoms with Crippen molar-refractivity contribution in [2.45, 2.75) is 69.7 Å². The van der Waals surface area contributed by atoms with Gasteiger partial charge in [0.1, 0.15) is 29.4 Å². The van der Waals surface area contributed by atoms with E-state index < -0.39 is 41.3 Å². The maximum absolute atomic E-state index is 14.9. The van der Waals surface area contributed by atoms with Crippen LogP contribution in [0.3, 0.4) is 0 Å². The number of imidazole rings is 1.